The van der Waals surface area contributed by atoms with E-state index < -0.39 is 6.04 Å². The van der Waals surface area contributed by atoms with Crippen molar-refractivity contribution in [3.63, 3.8) is 0 Å². The molecular weight excluding hydrogens is 290 g/mol. The number of amides is 2. The summed E-state index contributed by atoms with van der Waals surface area (Å²) in [5.41, 5.74) is 3.31. The van der Waals surface area contributed by atoms with Crippen LogP contribution in [0.15, 0.2) is 24.3 Å². The third kappa shape index (κ3) is 2.79. The van der Waals surface area contributed by atoms with E-state index in [9.17, 15) is 9.59 Å². The predicted molar refractivity (Wildman–Crippen MR) is 89.3 cm³/mol. The highest BCUT2D eigenvalue weighted by atomic mass is 16.2. The SMILES string of the molecule is CCC1C(=O)NCCN1C(=O)c1cc2ccc(C)cc2nc1C. The molecule has 23 heavy (non-hydrogen) atoms. The van der Waals surface area contributed by atoms with Crippen molar-refractivity contribution in [2.75, 3.05) is 13.1 Å². The van der Waals surface area contributed by atoms with Crippen molar-refractivity contribution in [2.45, 2.75) is 33.2 Å². The Kier molecular flexibility index (Phi) is 4.03. The first-order chi connectivity index (χ1) is 11.0. The summed E-state index contributed by atoms with van der Waals surface area (Å²) < 4.78 is 0. The van der Waals surface area contributed by atoms with Gasteiger partial charge >= 0.3 is 0 Å². The highest BCUT2D eigenvalue weighted by Gasteiger charge is 2.32. The number of piperazine rings is 1. The van der Waals surface area contributed by atoms with E-state index in [2.05, 4.69) is 10.3 Å². The van der Waals surface area contributed by atoms with Gasteiger partial charge in [0, 0.05) is 18.5 Å². The third-order valence-corrected chi connectivity index (χ3v) is 4.37. The van der Waals surface area contributed by atoms with Gasteiger partial charge in [-0.3, -0.25) is 14.6 Å². The van der Waals surface area contributed by atoms with E-state index in [1.807, 2.05) is 45.0 Å². The summed E-state index contributed by atoms with van der Waals surface area (Å²) in [5.74, 6) is -0.187. The number of aromatic nitrogens is 1. The van der Waals surface area contributed by atoms with Crippen molar-refractivity contribution in [1.82, 2.24) is 15.2 Å². The molecule has 1 atom stereocenters. The van der Waals surface area contributed by atoms with E-state index in [4.69, 9.17) is 0 Å². The lowest BCUT2D eigenvalue weighted by atomic mass is 10.0. The molecule has 2 aromatic rings. The van der Waals surface area contributed by atoms with Gasteiger partial charge in [-0.05, 0) is 38.0 Å². The number of pyridine rings is 1. The first-order valence-corrected chi connectivity index (χ1v) is 7.98. The average molecular weight is 311 g/mol. The normalized spacial score (nSPS) is 18.1. The second-order valence-corrected chi connectivity index (χ2v) is 6.03. The zero-order chi connectivity index (χ0) is 16.6. The molecule has 0 aliphatic carbocycles. The van der Waals surface area contributed by atoms with Crippen LogP contribution in [-0.4, -0.2) is 40.8 Å². The molecule has 0 radical (unpaired) electrons. The Morgan fingerprint density at radius 2 is 2.13 bits per heavy atom. The molecule has 0 spiro atoms. The van der Waals surface area contributed by atoms with Crippen LogP contribution >= 0.6 is 0 Å². The second-order valence-electron chi connectivity index (χ2n) is 6.03. The number of hydrogen-bond donors (Lipinski definition) is 1. The van der Waals surface area contributed by atoms with E-state index >= 15 is 0 Å². The fourth-order valence-corrected chi connectivity index (χ4v) is 3.11. The van der Waals surface area contributed by atoms with Crippen LogP contribution in [0.25, 0.3) is 10.9 Å². The molecule has 120 valence electrons. The minimum Gasteiger partial charge on any atom is -0.353 e. The molecule has 1 aliphatic rings. The Labute approximate surface area is 135 Å². The van der Waals surface area contributed by atoms with Gasteiger partial charge < -0.3 is 10.2 Å². The number of rotatable bonds is 2. The highest BCUT2D eigenvalue weighted by molar-refractivity contribution is 6.01. The van der Waals surface area contributed by atoms with Gasteiger partial charge in [-0.2, -0.15) is 0 Å². The fourth-order valence-electron chi connectivity index (χ4n) is 3.11. The smallest absolute Gasteiger partial charge is 0.256 e. The van der Waals surface area contributed by atoms with Crippen LogP contribution in [0.4, 0.5) is 0 Å². The molecular formula is C18H21N3O2. The topological polar surface area (TPSA) is 62.3 Å². The van der Waals surface area contributed by atoms with Gasteiger partial charge in [-0.1, -0.05) is 19.1 Å². The number of hydrogen-bond acceptors (Lipinski definition) is 3. The largest absolute Gasteiger partial charge is 0.353 e. The van der Waals surface area contributed by atoms with Crippen LogP contribution in [0.3, 0.4) is 0 Å². The lowest BCUT2D eigenvalue weighted by Gasteiger charge is -2.34. The summed E-state index contributed by atoms with van der Waals surface area (Å²) in [5, 5.41) is 3.76. The molecule has 1 unspecified atom stereocenters. The number of fused-ring (bicyclic) bond motifs is 1. The molecule has 1 aliphatic heterocycles. The molecule has 1 fully saturated rings. The van der Waals surface area contributed by atoms with E-state index in [-0.39, 0.29) is 11.8 Å². The Hall–Kier alpha value is -2.43. The maximum atomic E-state index is 13.0. The standard InChI is InChI=1S/C18H21N3O2/c1-4-16-17(22)19-7-8-21(16)18(23)14-10-13-6-5-11(2)9-15(13)20-12(14)3/h5-6,9-10,16H,4,7-8H2,1-3H3,(H,19,22). The minimum absolute atomic E-state index is 0.0749. The molecule has 1 aromatic heterocycles. The van der Waals surface area contributed by atoms with Crippen molar-refractivity contribution in [2.24, 2.45) is 0 Å². The van der Waals surface area contributed by atoms with Gasteiger partial charge in [0.15, 0.2) is 0 Å². The molecule has 5 nitrogen and oxygen atoms in total. The van der Waals surface area contributed by atoms with Crippen LogP contribution < -0.4 is 5.32 Å². The zero-order valence-corrected chi connectivity index (χ0v) is 13.7. The van der Waals surface area contributed by atoms with E-state index in [0.717, 1.165) is 16.5 Å². The van der Waals surface area contributed by atoms with Crippen molar-refractivity contribution in [1.29, 1.82) is 0 Å². The van der Waals surface area contributed by atoms with E-state index in [1.165, 1.54) is 0 Å². The summed E-state index contributed by atoms with van der Waals surface area (Å²) in [6, 6.07) is 7.49. The number of carbonyl (C=O) groups excluding carboxylic acids is 2. The van der Waals surface area contributed by atoms with Gasteiger partial charge in [0.2, 0.25) is 5.91 Å². The minimum atomic E-state index is -0.399. The van der Waals surface area contributed by atoms with Crippen molar-refractivity contribution < 1.29 is 9.59 Å². The lowest BCUT2D eigenvalue weighted by molar-refractivity contribution is -0.127. The molecule has 2 amide bonds. The number of nitrogens with one attached hydrogen (secondary N) is 1. The Morgan fingerprint density at radius 1 is 1.35 bits per heavy atom. The molecule has 0 bridgehead atoms. The lowest BCUT2D eigenvalue weighted by Crippen LogP contribution is -2.57. The highest BCUT2D eigenvalue weighted by Crippen LogP contribution is 2.21. The fraction of sp³-hybridized carbons (Fsp3) is 0.389. The molecule has 2 heterocycles. The number of benzene rings is 1. The van der Waals surface area contributed by atoms with Gasteiger partial charge in [-0.25, -0.2) is 0 Å². The summed E-state index contributed by atoms with van der Waals surface area (Å²) in [4.78, 5) is 31.2. The maximum Gasteiger partial charge on any atom is 0.256 e. The summed E-state index contributed by atoms with van der Waals surface area (Å²) in [6.45, 7) is 6.83. The Balaban J connectivity index is 2.01. The molecule has 0 saturated carbocycles. The van der Waals surface area contributed by atoms with Crippen molar-refractivity contribution >= 4 is 22.7 Å². The van der Waals surface area contributed by atoms with Crippen LogP contribution in [-0.2, 0) is 4.79 Å². The Bertz CT molecular complexity index is 785. The maximum absolute atomic E-state index is 13.0. The average Bonchev–Trinajstić information content (AvgIpc) is 2.53. The first kappa shape index (κ1) is 15.5. The second kappa shape index (κ2) is 5.99. The molecule has 3 rings (SSSR count). The van der Waals surface area contributed by atoms with Crippen LogP contribution in [0, 0.1) is 13.8 Å². The Morgan fingerprint density at radius 3 is 2.87 bits per heavy atom. The monoisotopic (exact) mass is 311 g/mol. The molecule has 1 N–H and O–H groups in total. The summed E-state index contributed by atoms with van der Waals surface area (Å²) in [6.07, 6.45) is 0.608. The number of carbonyl (C=O) groups is 2. The number of aryl methyl sites for hydroxylation is 2. The zero-order valence-electron chi connectivity index (χ0n) is 13.7. The van der Waals surface area contributed by atoms with Gasteiger partial charge in [-0.15, -0.1) is 0 Å². The first-order valence-electron chi connectivity index (χ1n) is 7.98. The molecule has 5 heteroatoms. The van der Waals surface area contributed by atoms with Crippen molar-refractivity contribution in [3.05, 3.63) is 41.1 Å². The van der Waals surface area contributed by atoms with Crippen LogP contribution in [0.1, 0.15) is 35.0 Å². The van der Waals surface area contributed by atoms with Gasteiger partial charge in [0.25, 0.3) is 5.91 Å². The third-order valence-electron chi connectivity index (χ3n) is 4.37. The summed E-state index contributed by atoms with van der Waals surface area (Å²) in [7, 11) is 0. The molecule has 1 aromatic carbocycles. The quantitative estimate of drug-likeness (QED) is 0.925. The predicted octanol–water partition coefficient (Wildman–Crippen LogP) is 2.20. The van der Waals surface area contributed by atoms with Crippen LogP contribution in [0.5, 0.6) is 0 Å². The summed E-state index contributed by atoms with van der Waals surface area (Å²) >= 11 is 0. The number of nitrogens with zero attached hydrogens (tertiary/aromatic N) is 2. The van der Waals surface area contributed by atoms with Crippen molar-refractivity contribution in [3.8, 4) is 0 Å². The van der Waals surface area contributed by atoms with E-state index in [0.29, 0.717) is 30.8 Å². The van der Waals surface area contributed by atoms with E-state index in [1.54, 1.807) is 4.90 Å². The molecule has 1 saturated heterocycles. The van der Waals surface area contributed by atoms with Crippen LogP contribution in [0.2, 0.25) is 0 Å². The van der Waals surface area contributed by atoms with Gasteiger partial charge in [0.1, 0.15) is 6.04 Å². The van der Waals surface area contributed by atoms with Gasteiger partial charge in [0.05, 0.1) is 16.8 Å².